The summed E-state index contributed by atoms with van der Waals surface area (Å²) in [5.41, 5.74) is 1.34. The zero-order valence-electron chi connectivity index (χ0n) is 15.1. The van der Waals surface area contributed by atoms with Gasteiger partial charge in [-0.3, -0.25) is 9.59 Å². The lowest BCUT2D eigenvalue weighted by molar-refractivity contribution is -0.123. The number of amides is 1. The lowest BCUT2D eigenvalue weighted by Crippen LogP contribution is -2.31. The number of carbonyl (C=O) groups excluding carboxylic acids is 2. The summed E-state index contributed by atoms with van der Waals surface area (Å²) in [5, 5.41) is 7.82. The highest BCUT2D eigenvalue weighted by Gasteiger charge is 2.13. The van der Waals surface area contributed by atoms with Gasteiger partial charge in [0.15, 0.2) is 12.4 Å². The molecule has 0 aromatic heterocycles. The first kappa shape index (κ1) is 20.6. The van der Waals surface area contributed by atoms with Crippen molar-refractivity contribution < 1.29 is 22.7 Å². The monoisotopic (exact) mass is 390 g/mol. The largest absolute Gasteiger partial charge is 0.484 e. The van der Waals surface area contributed by atoms with E-state index in [1.165, 1.54) is 12.1 Å². The Hall–Kier alpha value is -2.71. The van der Waals surface area contributed by atoms with Gasteiger partial charge in [-0.15, -0.1) is 0 Å². The van der Waals surface area contributed by atoms with Gasteiger partial charge in [-0.05, 0) is 48.9 Å². The summed E-state index contributed by atoms with van der Waals surface area (Å²) in [6.45, 7) is 3.39. The fourth-order valence-electron chi connectivity index (χ4n) is 2.40. The van der Waals surface area contributed by atoms with Crippen molar-refractivity contribution in [3.05, 3.63) is 59.7 Å². The molecule has 144 valence electrons. The van der Waals surface area contributed by atoms with Crippen LogP contribution in [0, 0.1) is 0 Å². The van der Waals surface area contributed by atoms with Crippen LogP contribution < -0.4 is 15.2 Å². The highest BCUT2D eigenvalue weighted by Crippen LogP contribution is 2.16. The van der Waals surface area contributed by atoms with Crippen LogP contribution in [0.25, 0.3) is 0 Å². The highest BCUT2D eigenvalue weighted by atomic mass is 32.2. The van der Waals surface area contributed by atoms with E-state index in [4.69, 9.17) is 9.88 Å². The van der Waals surface area contributed by atoms with Crippen LogP contribution in [0.2, 0.25) is 0 Å². The van der Waals surface area contributed by atoms with Crippen molar-refractivity contribution in [3.8, 4) is 5.75 Å². The van der Waals surface area contributed by atoms with E-state index in [0.29, 0.717) is 17.7 Å². The maximum atomic E-state index is 12.0. The summed E-state index contributed by atoms with van der Waals surface area (Å²) in [6.07, 6.45) is 0.429. The number of primary sulfonamides is 1. The maximum Gasteiger partial charge on any atom is 0.258 e. The molecule has 2 aromatic carbocycles. The van der Waals surface area contributed by atoms with Gasteiger partial charge in [0, 0.05) is 12.0 Å². The summed E-state index contributed by atoms with van der Waals surface area (Å²) in [7, 11) is -3.75. The molecule has 0 unspecified atom stereocenters. The average Bonchev–Trinajstić information content (AvgIpc) is 2.65. The molecule has 0 bridgehead atoms. The number of ether oxygens (including phenoxy) is 1. The Balaban J connectivity index is 1.88. The van der Waals surface area contributed by atoms with Crippen molar-refractivity contribution in [1.29, 1.82) is 0 Å². The van der Waals surface area contributed by atoms with E-state index in [2.05, 4.69) is 5.32 Å². The van der Waals surface area contributed by atoms with E-state index in [-0.39, 0.29) is 29.2 Å². The summed E-state index contributed by atoms with van der Waals surface area (Å²) in [4.78, 5) is 23.6. The molecule has 0 fully saturated rings. The van der Waals surface area contributed by atoms with Crippen molar-refractivity contribution in [2.24, 2.45) is 5.14 Å². The molecular weight excluding hydrogens is 368 g/mol. The number of hydrogen-bond acceptors (Lipinski definition) is 5. The number of ketones is 1. The minimum atomic E-state index is -3.75. The Morgan fingerprint density at radius 1 is 1.07 bits per heavy atom. The average molecular weight is 390 g/mol. The molecule has 2 aromatic rings. The molecule has 0 heterocycles. The van der Waals surface area contributed by atoms with Crippen LogP contribution in [0.3, 0.4) is 0 Å². The van der Waals surface area contributed by atoms with E-state index in [9.17, 15) is 18.0 Å². The molecule has 7 nitrogen and oxygen atoms in total. The first-order chi connectivity index (χ1) is 12.7. The molecule has 27 heavy (non-hydrogen) atoms. The lowest BCUT2D eigenvalue weighted by Gasteiger charge is -2.15. The molecule has 0 aliphatic carbocycles. The van der Waals surface area contributed by atoms with Crippen LogP contribution in [0.1, 0.15) is 42.2 Å². The second kappa shape index (κ2) is 8.79. The number of Topliss-reactive ketones (excluding diaryl/α,β-unsaturated/α-hetero) is 1. The number of nitrogens with one attached hydrogen (secondary N) is 1. The van der Waals surface area contributed by atoms with Gasteiger partial charge in [-0.2, -0.15) is 0 Å². The maximum absolute atomic E-state index is 12.0. The fraction of sp³-hybridized carbons (Fsp3) is 0.263. The summed E-state index contributed by atoms with van der Waals surface area (Å²) < 4.78 is 27.9. The van der Waals surface area contributed by atoms with Gasteiger partial charge in [0.05, 0.1) is 10.9 Å². The van der Waals surface area contributed by atoms with Crippen molar-refractivity contribution in [3.63, 3.8) is 0 Å². The van der Waals surface area contributed by atoms with Gasteiger partial charge in [0.1, 0.15) is 5.75 Å². The second-order valence-corrected chi connectivity index (χ2v) is 7.55. The SMILES string of the molecule is CCC(=O)c1ccc(OCC(=O)N[C@@H](C)c2ccc(S(N)(=O)=O)cc2)cc1. The number of nitrogens with two attached hydrogens (primary N) is 1. The van der Waals surface area contributed by atoms with Gasteiger partial charge in [-0.25, -0.2) is 13.6 Å². The Bertz CT molecular complexity index is 906. The normalized spacial score (nSPS) is 12.3. The predicted octanol–water partition coefficient (Wildman–Crippen LogP) is 2.18. The van der Waals surface area contributed by atoms with Gasteiger partial charge in [0.25, 0.3) is 5.91 Å². The number of benzene rings is 2. The van der Waals surface area contributed by atoms with Crippen LogP contribution in [0.15, 0.2) is 53.4 Å². The van der Waals surface area contributed by atoms with Crippen molar-refractivity contribution in [1.82, 2.24) is 5.32 Å². The predicted molar refractivity (Wildman–Crippen MR) is 101 cm³/mol. The number of sulfonamides is 1. The first-order valence-electron chi connectivity index (χ1n) is 8.39. The van der Waals surface area contributed by atoms with E-state index in [1.807, 2.05) is 0 Å². The van der Waals surface area contributed by atoms with E-state index in [1.54, 1.807) is 50.2 Å². The zero-order chi connectivity index (χ0) is 20.0. The smallest absolute Gasteiger partial charge is 0.258 e. The summed E-state index contributed by atoms with van der Waals surface area (Å²) >= 11 is 0. The Morgan fingerprint density at radius 2 is 1.67 bits per heavy atom. The molecule has 0 aliphatic rings. The number of carbonyl (C=O) groups is 2. The molecule has 0 spiro atoms. The molecule has 3 N–H and O–H groups in total. The van der Waals surface area contributed by atoms with Crippen LogP contribution in [0.5, 0.6) is 5.75 Å². The molecule has 0 saturated heterocycles. The van der Waals surface area contributed by atoms with Gasteiger partial charge < -0.3 is 10.1 Å². The third kappa shape index (κ3) is 5.90. The van der Waals surface area contributed by atoms with Crippen LogP contribution >= 0.6 is 0 Å². The molecule has 8 heteroatoms. The Morgan fingerprint density at radius 3 is 2.19 bits per heavy atom. The summed E-state index contributed by atoms with van der Waals surface area (Å²) in [5.74, 6) is 0.205. The number of hydrogen-bond donors (Lipinski definition) is 2. The molecule has 0 radical (unpaired) electrons. The third-order valence-corrected chi connectivity index (χ3v) is 4.88. The summed E-state index contributed by atoms with van der Waals surface area (Å²) in [6, 6.07) is 12.2. The molecule has 1 amide bonds. The molecule has 1 atom stereocenters. The van der Waals surface area contributed by atoms with Crippen LogP contribution in [0.4, 0.5) is 0 Å². The highest BCUT2D eigenvalue weighted by molar-refractivity contribution is 7.89. The van der Waals surface area contributed by atoms with E-state index < -0.39 is 10.0 Å². The minimum Gasteiger partial charge on any atom is -0.484 e. The van der Waals surface area contributed by atoms with Crippen molar-refractivity contribution >= 4 is 21.7 Å². The standard InChI is InChI=1S/C19H22N2O5S/c1-3-18(22)15-4-8-16(9-5-15)26-12-19(23)21-13(2)14-6-10-17(11-7-14)27(20,24)25/h4-11,13H,3,12H2,1-2H3,(H,21,23)(H2,20,24,25)/t13-/m0/s1. The van der Waals surface area contributed by atoms with Crippen molar-refractivity contribution in [2.45, 2.75) is 31.2 Å². The fourth-order valence-corrected chi connectivity index (χ4v) is 2.92. The van der Waals surface area contributed by atoms with Crippen LogP contribution in [-0.4, -0.2) is 26.7 Å². The molecule has 0 saturated carbocycles. The van der Waals surface area contributed by atoms with Crippen molar-refractivity contribution in [2.75, 3.05) is 6.61 Å². The molecule has 0 aliphatic heterocycles. The Labute approximate surface area is 158 Å². The van der Waals surface area contributed by atoms with Gasteiger partial charge in [-0.1, -0.05) is 19.1 Å². The third-order valence-electron chi connectivity index (χ3n) is 3.95. The topological polar surface area (TPSA) is 116 Å². The second-order valence-electron chi connectivity index (χ2n) is 5.99. The number of rotatable bonds is 8. The molecular formula is C19H22N2O5S. The van der Waals surface area contributed by atoms with Gasteiger partial charge in [0.2, 0.25) is 10.0 Å². The van der Waals surface area contributed by atoms with E-state index >= 15 is 0 Å². The van der Waals surface area contributed by atoms with Crippen LogP contribution in [-0.2, 0) is 14.8 Å². The molecule has 2 rings (SSSR count). The lowest BCUT2D eigenvalue weighted by atomic mass is 10.1. The first-order valence-corrected chi connectivity index (χ1v) is 9.93. The van der Waals surface area contributed by atoms with E-state index in [0.717, 1.165) is 5.56 Å². The zero-order valence-corrected chi connectivity index (χ0v) is 16.0. The van der Waals surface area contributed by atoms with Gasteiger partial charge >= 0.3 is 0 Å². The quantitative estimate of drug-likeness (QED) is 0.670. The minimum absolute atomic E-state index is 0.0121. The Kier molecular flexibility index (Phi) is 6.70.